The number of aromatic hydroxyl groups is 1. The van der Waals surface area contributed by atoms with Crippen molar-refractivity contribution in [1.82, 2.24) is 20.5 Å². The van der Waals surface area contributed by atoms with Gasteiger partial charge >= 0.3 is 0 Å². The number of aromatic nitrogens is 3. The highest BCUT2D eigenvalue weighted by Gasteiger charge is 2.07. The summed E-state index contributed by atoms with van der Waals surface area (Å²) < 4.78 is 0. The second-order valence-corrected chi connectivity index (χ2v) is 3.64. The molecule has 16 heavy (non-hydrogen) atoms. The van der Waals surface area contributed by atoms with E-state index in [4.69, 9.17) is 0 Å². The number of nitrogens with one attached hydrogen (secondary N) is 2. The van der Waals surface area contributed by atoms with E-state index in [1.165, 1.54) is 6.33 Å². The number of phenolic OH excluding ortho intramolecular Hbond substituents is 1. The fourth-order valence-corrected chi connectivity index (χ4v) is 1.46. The SMILES string of the molecule is CC(NCc1cccc(O)c1)c1ncn[nH]1. The Hall–Kier alpha value is -1.88. The molecule has 0 spiro atoms. The quantitative estimate of drug-likeness (QED) is 0.724. The molecule has 1 aromatic carbocycles. The van der Waals surface area contributed by atoms with E-state index >= 15 is 0 Å². The van der Waals surface area contributed by atoms with Crippen LogP contribution in [-0.4, -0.2) is 20.3 Å². The lowest BCUT2D eigenvalue weighted by Crippen LogP contribution is -2.19. The summed E-state index contributed by atoms with van der Waals surface area (Å²) in [6.07, 6.45) is 1.49. The average Bonchev–Trinajstić information content (AvgIpc) is 2.79. The molecule has 5 heteroatoms. The van der Waals surface area contributed by atoms with Crippen molar-refractivity contribution in [2.75, 3.05) is 0 Å². The second kappa shape index (κ2) is 4.76. The highest BCUT2D eigenvalue weighted by atomic mass is 16.3. The Morgan fingerprint density at radius 2 is 2.38 bits per heavy atom. The first kappa shape index (κ1) is 10.6. The van der Waals surface area contributed by atoms with Crippen molar-refractivity contribution in [3.63, 3.8) is 0 Å². The predicted octanol–water partition coefficient (Wildman–Crippen LogP) is 1.36. The minimum atomic E-state index is 0.102. The summed E-state index contributed by atoms with van der Waals surface area (Å²) in [5.41, 5.74) is 1.03. The number of benzene rings is 1. The Morgan fingerprint density at radius 3 is 3.06 bits per heavy atom. The van der Waals surface area contributed by atoms with Crippen molar-refractivity contribution in [3.8, 4) is 5.75 Å². The predicted molar refractivity (Wildman–Crippen MR) is 59.7 cm³/mol. The number of nitrogens with zero attached hydrogens (tertiary/aromatic N) is 2. The Balaban J connectivity index is 1.92. The molecule has 3 N–H and O–H groups in total. The van der Waals surface area contributed by atoms with E-state index in [1.807, 2.05) is 19.1 Å². The Bertz CT molecular complexity index is 441. The fraction of sp³-hybridized carbons (Fsp3) is 0.273. The van der Waals surface area contributed by atoms with Gasteiger partial charge in [0, 0.05) is 6.54 Å². The molecule has 0 radical (unpaired) electrons. The fourth-order valence-electron chi connectivity index (χ4n) is 1.46. The van der Waals surface area contributed by atoms with E-state index in [0.717, 1.165) is 11.4 Å². The van der Waals surface area contributed by atoms with Gasteiger partial charge in [-0.05, 0) is 24.6 Å². The number of hydrogen-bond acceptors (Lipinski definition) is 4. The van der Waals surface area contributed by atoms with Gasteiger partial charge in [-0.15, -0.1) is 0 Å². The van der Waals surface area contributed by atoms with Crippen LogP contribution >= 0.6 is 0 Å². The summed E-state index contributed by atoms with van der Waals surface area (Å²) in [7, 11) is 0. The van der Waals surface area contributed by atoms with Crippen LogP contribution in [0.5, 0.6) is 5.75 Å². The monoisotopic (exact) mass is 218 g/mol. The first-order valence-electron chi connectivity index (χ1n) is 5.12. The molecule has 1 atom stereocenters. The van der Waals surface area contributed by atoms with Gasteiger partial charge in [0.05, 0.1) is 6.04 Å². The van der Waals surface area contributed by atoms with E-state index in [0.29, 0.717) is 6.54 Å². The second-order valence-electron chi connectivity index (χ2n) is 3.64. The van der Waals surface area contributed by atoms with Crippen molar-refractivity contribution in [1.29, 1.82) is 0 Å². The van der Waals surface area contributed by atoms with Crippen molar-refractivity contribution < 1.29 is 5.11 Å². The highest BCUT2D eigenvalue weighted by Crippen LogP contribution is 2.12. The number of phenols is 1. The van der Waals surface area contributed by atoms with E-state index in [1.54, 1.807) is 12.1 Å². The van der Waals surface area contributed by atoms with Gasteiger partial charge in [0.1, 0.15) is 17.9 Å². The molecule has 0 amide bonds. The molecule has 0 fully saturated rings. The zero-order chi connectivity index (χ0) is 11.4. The number of rotatable bonds is 4. The van der Waals surface area contributed by atoms with Crippen LogP contribution in [-0.2, 0) is 6.54 Å². The summed E-state index contributed by atoms with van der Waals surface area (Å²) in [4.78, 5) is 4.07. The molecule has 0 aliphatic heterocycles. The molecular formula is C11H14N4O. The Morgan fingerprint density at radius 1 is 1.50 bits per heavy atom. The lowest BCUT2D eigenvalue weighted by Gasteiger charge is -2.10. The van der Waals surface area contributed by atoms with Crippen molar-refractivity contribution in [2.45, 2.75) is 19.5 Å². The maximum absolute atomic E-state index is 9.31. The van der Waals surface area contributed by atoms with Crippen molar-refractivity contribution >= 4 is 0 Å². The summed E-state index contributed by atoms with van der Waals surface area (Å²) in [6, 6.07) is 7.28. The van der Waals surface area contributed by atoms with E-state index in [2.05, 4.69) is 20.5 Å². The molecule has 0 aliphatic rings. The smallest absolute Gasteiger partial charge is 0.141 e. The first-order chi connectivity index (χ1) is 7.75. The van der Waals surface area contributed by atoms with E-state index in [-0.39, 0.29) is 11.8 Å². The number of H-pyrrole nitrogens is 1. The summed E-state index contributed by atoms with van der Waals surface area (Å²) >= 11 is 0. The molecule has 2 aromatic rings. The third-order valence-electron chi connectivity index (χ3n) is 2.37. The van der Waals surface area contributed by atoms with Crippen LogP contribution in [0, 0.1) is 0 Å². The summed E-state index contributed by atoms with van der Waals surface area (Å²) in [5, 5.41) is 19.2. The molecule has 0 aliphatic carbocycles. The molecule has 2 rings (SSSR count). The van der Waals surface area contributed by atoms with Crippen molar-refractivity contribution in [2.24, 2.45) is 0 Å². The molecule has 5 nitrogen and oxygen atoms in total. The van der Waals surface area contributed by atoms with Crippen LogP contribution in [0.4, 0.5) is 0 Å². The van der Waals surface area contributed by atoms with Crippen LogP contribution in [0.15, 0.2) is 30.6 Å². The Labute approximate surface area is 93.5 Å². The van der Waals surface area contributed by atoms with Gasteiger partial charge in [-0.2, -0.15) is 5.10 Å². The topological polar surface area (TPSA) is 73.8 Å². The van der Waals surface area contributed by atoms with Gasteiger partial charge in [-0.1, -0.05) is 12.1 Å². The van der Waals surface area contributed by atoms with Gasteiger partial charge < -0.3 is 10.4 Å². The normalized spacial score (nSPS) is 12.6. The van der Waals surface area contributed by atoms with E-state index in [9.17, 15) is 5.11 Å². The zero-order valence-corrected chi connectivity index (χ0v) is 9.01. The zero-order valence-electron chi connectivity index (χ0n) is 9.01. The standard InChI is InChI=1S/C11H14N4O/c1-8(11-13-7-14-15-11)12-6-9-3-2-4-10(16)5-9/h2-5,7-8,12,16H,6H2,1H3,(H,13,14,15). The van der Waals surface area contributed by atoms with Crippen LogP contribution in [0.3, 0.4) is 0 Å². The lowest BCUT2D eigenvalue weighted by atomic mass is 10.2. The van der Waals surface area contributed by atoms with E-state index < -0.39 is 0 Å². The Kier molecular flexibility index (Phi) is 3.16. The maximum Gasteiger partial charge on any atom is 0.141 e. The molecule has 1 unspecified atom stereocenters. The maximum atomic E-state index is 9.31. The van der Waals surface area contributed by atoms with Crippen molar-refractivity contribution in [3.05, 3.63) is 42.0 Å². The third kappa shape index (κ3) is 2.58. The minimum Gasteiger partial charge on any atom is -0.508 e. The highest BCUT2D eigenvalue weighted by molar-refractivity contribution is 5.26. The summed E-state index contributed by atoms with van der Waals surface area (Å²) in [5.74, 6) is 1.09. The third-order valence-corrected chi connectivity index (χ3v) is 2.37. The molecule has 1 heterocycles. The molecule has 0 bridgehead atoms. The average molecular weight is 218 g/mol. The first-order valence-corrected chi connectivity index (χ1v) is 5.12. The van der Waals surface area contributed by atoms with Gasteiger partial charge in [0.15, 0.2) is 0 Å². The molecule has 0 saturated carbocycles. The molecule has 0 saturated heterocycles. The van der Waals surface area contributed by atoms with Gasteiger partial charge in [0.25, 0.3) is 0 Å². The van der Waals surface area contributed by atoms with Crippen LogP contribution in [0.1, 0.15) is 24.4 Å². The molecule has 84 valence electrons. The van der Waals surface area contributed by atoms with Gasteiger partial charge in [0.2, 0.25) is 0 Å². The lowest BCUT2D eigenvalue weighted by molar-refractivity contribution is 0.473. The number of aromatic amines is 1. The number of hydrogen-bond donors (Lipinski definition) is 3. The summed E-state index contributed by atoms with van der Waals surface area (Å²) in [6.45, 7) is 2.68. The van der Waals surface area contributed by atoms with Gasteiger partial charge in [-0.25, -0.2) is 4.98 Å². The van der Waals surface area contributed by atoms with Crippen LogP contribution in [0.25, 0.3) is 0 Å². The van der Waals surface area contributed by atoms with Crippen LogP contribution < -0.4 is 5.32 Å². The molecular weight excluding hydrogens is 204 g/mol. The van der Waals surface area contributed by atoms with Gasteiger partial charge in [-0.3, -0.25) is 5.10 Å². The molecule has 1 aromatic heterocycles. The largest absolute Gasteiger partial charge is 0.508 e. The van der Waals surface area contributed by atoms with Crippen LogP contribution in [0.2, 0.25) is 0 Å². The minimum absolute atomic E-state index is 0.102.